The molecular weight excluding hydrogens is 312 g/mol. The number of methoxy groups -OCH3 is 1. The SMILES string of the molecule is CCn1cc(Cl)cc1C(=O)N1CC=C(c2cccc(OC)c2)C1. The number of halogens is 1. The zero-order valence-electron chi connectivity index (χ0n) is 13.3. The Morgan fingerprint density at radius 1 is 1.35 bits per heavy atom. The molecule has 1 aromatic carbocycles. The molecule has 0 radical (unpaired) electrons. The number of aryl methyl sites for hydroxylation is 1. The minimum Gasteiger partial charge on any atom is -0.497 e. The predicted molar refractivity (Wildman–Crippen MR) is 92.0 cm³/mol. The number of nitrogens with zero attached hydrogens (tertiary/aromatic N) is 2. The van der Waals surface area contributed by atoms with E-state index in [1.54, 1.807) is 19.4 Å². The monoisotopic (exact) mass is 330 g/mol. The van der Waals surface area contributed by atoms with Gasteiger partial charge in [-0.2, -0.15) is 0 Å². The Morgan fingerprint density at radius 3 is 2.91 bits per heavy atom. The molecule has 1 aromatic heterocycles. The summed E-state index contributed by atoms with van der Waals surface area (Å²) in [7, 11) is 1.65. The molecule has 0 spiro atoms. The Hall–Kier alpha value is -2.20. The molecule has 0 N–H and O–H groups in total. The molecule has 0 saturated heterocycles. The fourth-order valence-corrected chi connectivity index (χ4v) is 3.04. The highest BCUT2D eigenvalue weighted by molar-refractivity contribution is 6.31. The summed E-state index contributed by atoms with van der Waals surface area (Å²) in [5.74, 6) is 0.827. The second kappa shape index (κ2) is 6.50. The maximum Gasteiger partial charge on any atom is 0.271 e. The summed E-state index contributed by atoms with van der Waals surface area (Å²) >= 11 is 6.03. The van der Waals surface area contributed by atoms with Crippen molar-refractivity contribution in [2.45, 2.75) is 13.5 Å². The second-order valence-electron chi connectivity index (χ2n) is 5.48. The van der Waals surface area contributed by atoms with Gasteiger partial charge >= 0.3 is 0 Å². The molecule has 5 heteroatoms. The van der Waals surface area contributed by atoms with Crippen molar-refractivity contribution in [3.63, 3.8) is 0 Å². The van der Waals surface area contributed by atoms with Crippen LogP contribution in [-0.2, 0) is 6.54 Å². The largest absolute Gasteiger partial charge is 0.497 e. The molecule has 0 bridgehead atoms. The lowest BCUT2D eigenvalue weighted by Crippen LogP contribution is -2.30. The third-order valence-corrected chi connectivity index (χ3v) is 4.28. The van der Waals surface area contributed by atoms with Gasteiger partial charge in [-0.1, -0.05) is 29.8 Å². The van der Waals surface area contributed by atoms with E-state index >= 15 is 0 Å². The third-order valence-electron chi connectivity index (χ3n) is 4.07. The highest BCUT2D eigenvalue weighted by Crippen LogP contribution is 2.26. The number of amides is 1. The van der Waals surface area contributed by atoms with Gasteiger partial charge in [-0.3, -0.25) is 4.79 Å². The smallest absolute Gasteiger partial charge is 0.271 e. The molecular formula is C18H19ClN2O2. The van der Waals surface area contributed by atoms with Crippen LogP contribution in [0.4, 0.5) is 0 Å². The minimum atomic E-state index is 0.00731. The van der Waals surface area contributed by atoms with Gasteiger partial charge in [-0.05, 0) is 36.3 Å². The van der Waals surface area contributed by atoms with E-state index < -0.39 is 0 Å². The molecule has 2 aromatic rings. The number of hydrogen-bond donors (Lipinski definition) is 0. The van der Waals surface area contributed by atoms with E-state index in [1.165, 1.54) is 0 Å². The van der Waals surface area contributed by atoms with Gasteiger partial charge in [-0.25, -0.2) is 0 Å². The van der Waals surface area contributed by atoms with Crippen molar-refractivity contribution in [3.8, 4) is 5.75 Å². The van der Waals surface area contributed by atoms with E-state index in [2.05, 4.69) is 6.08 Å². The van der Waals surface area contributed by atoms with Crippen LogP contribution < -0.4 is 4.74 Å². The average Bonchev–Trinajstić information content (AvgIpc) is 3.21. The molecule has 23 heavy (non-hydrogen) atoms. The number of carbonyl (C=O) groups excluding carboxylic acids is 1. The molecule has 3 rings (SSSR count). The van der Waals surface area contributed by atoms with Gasteiger partial charge in [0.05, 0.1) is 12.1 Å². The second-order valence-corrected chi connectivity index (χ2v) is 5.91. The number of rotatable bonds is 4. The van der Waals surface area contributed by atoms with Crippen LogP contribution in [0.3, 0.4) is 0 Å². The van der Waals surface area contributed by atoms with Crippen molar-refractivity contribution in [2.75, 3.05) is 20.2 Å². The van der Waals surface area contributed by atoms with Crippen LogP contribution in [0.2, 0.25) is 5.02 Å². The summed E-state index contributed by atoms with van der Waals surface area (Å²) in [4.78, 5) is 14.6. The number of ether oxygens (including phenoxy) is 1. The van der Waals surface area contributed by atoms with E-state index in [0.29, 0.717) is 23.8 Å². The first-order chi connectivity index (χ1) is 11.1. The van der Waals surface area contributed by atoms with Crippen molar-refractivity contribution in [2.24, 2.45) is 0 Å². The lowest BCUT2D eigenvalue weighted by atomic mass is 10.1. The van der Waals surface area contributed by atoms with Gasteiger partial charge in [0.25, 0.3) is 5.91 Å². The Kier molecular flexibility index (Phi) is 4.44. The molecule has 0 saturated carbocycles. The molecule has 1 amide bonds. The van der Waals surface area contributed by atoms with Crippen LogP contribution >= 0.6 is 11.6 Å². The summed E-state index contributed by atoms with van der Waals surface area (Å²) in [6.07, 6.45) is 3.88. The number of hydrogen-bond acceptors (Lipinski definition) is 2. The zero-order valence-corrected chi connectivity index (χ0v) is 14.0. The van der Waals surface area contributed by atoms with Gasteiger partial charge in [0.1, 0.15) is 11.4 Å². The van der Waals surface area contributed by atoms with Gasteiger partial charge in [0.15, 0.2) is 0 Å². The van der Waals surface area contributed by atoms with E-state index in [1.807, 2.05) is 40.7 Å². The van der Waals surface area contributed by atoms with Gasteiger partial charge < -0.3 is 14.2 Å². The van der Waals surface area contributed by atoms with E-state index in [9.17, 15) is 4.79 Å². The Bertz CT molecular complexity index is 764. The van der Waals surface area contributed by atoms with Crippen molar-refractivity contribution in [3.05, 3.63) is 58.9 Å². The Morgan fingerprint density at radius 2 is 2.17 bits per heavy atom. The van der Waals surface area contributed by atoms with Crippen LogP contribution in [0, 0.1) is 0 Å². The molecule has 0 atom stereocenters. The summed E-state index contributed by atoms with van der Waals surface area (Å²) in [5, 5.41) is 0.593. The number of benzene rings is 1. The van der Waals surface area contributed by atoms with Crippen LogP contribution in [0.5, 0.6) is 5.75 Å². The van der Waals surface area contributed by atoms with Gasteiger partial charge in [0, 0.05) is 25.8 Å². The topological polar surface area (TPSA) is 34.5 Å². The lowest BCUT2D eigenvalue weighted by Gasteiger charge is -2.17. The van der Waals surface area contributed by atoms with Gasteiger partial charge in [-0.15, -0.1) is 0 Å². The van der Waals surface area contributed by atoms with E-state index in [0.717, 1.165) is 23.4 Å². The molecule has 120 valence electrons. The van der Waals surface area contributed by atoms with Crippen LogP contribution in [0.15, 0.2) is 42.6 Å². The zero-order chi connectivity index (χ0) is 16.4. The van der Waals surface area contributed by atoms with Crippen molar-refractivity contribution in [1.82, 2.24) is 9.47 Å². The fourth-order valence-electron chi connectivity index (χ4n) is 2.82. The summed E-state index contributed by atoms with van der Waals surface area (Å²) < 4.78 is 7.15. The molecule has 1 aliphatic rings. The molecule has 2 heterocycles. The van der Waals surface area contributed by atoms with Crippen LogP contribution in [0.1, 0.15) is 23.0 Å². The van der Waals surface area contributed by atoms with Gasteiger partial charge in [0.2, 0.25) is 0 Å². The van der Waals surface area contributed by atoms with E-state index in [4.69, 9.17) is 16.3 Å². The minimum absolute atomic E-state index is 0.00731. The standard InChI is InChI=1S/C18H19ClN2O2/c1-3-20-12-15(19)10-17(20)18(22)21-8-7-14(11-21)13-5-4-6-16(9-13)23-2/h4-7,9-10,12H,3,8,11H2,1-2H3. The molecule has 4 nitrogen and oxygen atoms in total. The summed E-state index contributed by atoms with van der Waals surface area (Å²) in [5.41, 5.74) is 2.86. The first-order valence-electron chi connectivity index (χ1n) is 7.60. The number of aromatic nitrogens is 1. The maximum atomic E-state index is 12.7. The normalized spacial score (nSPS) is 14.0. The highest BCUT2D eigenvalue weighted by Gasteiger charge is 2.24. The molecule has 0 fully saturated rings. The quantitative estimate of drug-likeness (QED) is 0.856. The Balaban J connectivity index is 1.77. The van der Waals surface area contributed by atoms with Crippen molar-refractivity contribution < 1.29 is 9.53 Å². The predicted octanol–water partition coefficient (Wildman–Crippen LogP) is 3.71. The molecule has 0 unspecified atom stereocenters. The highest BCUT2D eigenvalue weighted by atomic mass is 35.5. The first-order valence-corrected chi connectivity index (χ1v) is 7.98. The van der Waals surface area contributed by atoms with Crippen LogP contribution in [0.25, 0.3) is 5.57 Å². The molecule has 0 aliphatic carbocycles. The first kappa shape index (κ1) is 15.7. The average molecular weight is 331 g/mol. The van der Waals surface area contributed by atoms with Crippen molar-refractivity contribution in [1.29, 1.82) is 0 Å². The lowest BCUT2D eigenvalue weighted by molar-refractivity contribution is 0.0791. The maximum absolute atomic E-state index is 12.7. The third kappa shape index (κ3) is 3.13. The summed E-state index contributed by atoms with van der Waals surface area (Å²) in [6, 6.07) is 9.63. The van der Waals surface area contributed by atoms with Crippen LogP contribution in [-0.4, -0.2) is 35.6 Å². The Labute approximate surface area is 140 Å². The molecule has 1 aliphatic heterocycles. The summed E-state index contributed by atoms with van der Waals surface area (Å²) in [6.45, 7) is 3.92. The fraction of sp³-hybridized carbons (Fsp3) is 0.278. The van der Waals surface area contributed by atoms with E-state index in [-0.39, 0.29) is 5.91 Å². The number of carbonyl (C=O) groups is 1. The van der Waals surface area contributed by atoms with Crippen molar-refractivity contribution >= 4 is 23.1 Å².